The Balaban J connectivity index is 1.71. The molecular formula is C18H29N3. The molecule has 1 saturated carbocycles. The number of anilines is 1. The number of pyridine rings is 1. The van der Waals surface area contributed by atoms with Crippen LogP contribution in [-0.4, -0.2) is 23.6 Å². The topological polar surface area (TPSA) is 28.2 Å². The van der Waals surface area contributed by atoms with Gasteiger partial charge in [0.2, 0.25) is 0 Å². The molecule has 1 aliphatic carbocycles. The highest BCUT2D eigenvalue weighted by Gasteiger charge is 2.33. The van der Waals surface area contributed by atoms with Crippen LogP contribution < -0.4 is 10.2 Å². The van der Waals surface area contributed by atoms with Crippen molar-refractivity contribution in [3.63, 3.8) is 0 Å². The molecule has 2 aliphatic rings. The van der Waals surface area contributed by atoms with Crippen LogP contribution in [0.4, 0.5) is 5.69 Å². The molecule has 3 heteroatoms. The molecule has 2 fully saturated rings. The van der Waals surface area contributed by atoms with Gasteiger partial charge < -0.3 is 10.2 Å². The average Bonchev–Trinajstić information content (AvgIpc) is 3.15. The Bertz CT molecular complexity index is 452. The van der Waals surface area contributed by atoms with Gasteiger partial charge in [-0.05, 0) is 43.7 Å². The van der Waals surface area contributed by atoms with Gasteiger partial charge in [-0.25, -0.2) is 0 Å². The second kappa shape index (κ2) is 6.78. The van der Waals surface area contributed by atoms with Gasteiger partial charge in [-0.2, -0.15) is 0 Å². The fourth-order valence-electron chi connectivity index (χ4n) is 3.99. The molecule has 0 bridgehead atoms. The van der Waals surface area contributed by atoms with Crippen LogP contribution in [0.3, 0.4) is 0 Å². The third-order valence-corrected chi connectivity index (χ3v) is 5.07. The number of rotatable bonds is 5. The molecule has 116 valence electrons. The first-order valence-electron chi connectivity index (χ1n) is 8.69. The van der Waals surface area contributed by atoms with Crippen LogP contribution in [0.5, 0.6) is 0 Å². The smallest absolute Gasteiger partial charge is 0.0562 e. The number of hydrogen-bond acceptors (Lipinski definition) is 3. The first kappa shape index (κ1) is 14.8. The van der Waals surface area contributed by atoms with Crippen molar-refractivity contribution in [2.75, 3.05) is 11.4 Å². The van der Waals surface area contributed by atoms with E-state index in [1.54, 1.807) is 0 Å². The van der Waals surface area contributed by atoms with Crippen molar-refractivity contribution in [3.8, 4) is 0 Å². The van der Waals surface area contributed by atoms with Crippen LogP contribution in [-0.2, 0) is 6.54 Å². The summed E-state index contributed by atoms with van der Waals surface area (Å²) >= 11 is 0. The summed E-state index contributed by atoms with van der Waals surface area (Å²) in [5, 5.41) is 3.46. The predicted octanol–water partition coefficient (Wildman–Crippen LogP) is 3.74. The SMILES string of the molecule is CC(C)NCc1cc(N2CCCC2C2CCCC2)ccn1. The van der Waals surface area contributed by atoms with Gasteiger partial charge in [0.05, 0.1) is 5.69 Å². The molecular weight excluding hydrogens is 258 g/mol. The molecule has 0 amide bonds. The molecule has 1 aliphatic heterocycles. The lowest BCUT2D eigenvalue weighted by Gasteiger charge is -2.31. The molecule has 1 unspecified atom stereocenters. The minimum Gasteiger partial charge on any atom is -0.368 e. The maximum atomic E-state index is 4.52. The molecule has 1 saturated heterocycles. The van der Waals surface area contributed by atoms with Crippen LogP contribution in [0.15, 0.2) is 18.3 Å². The van der Waals surface area contributed by atoms with E-state index in [4.69, 9.17) is 0 Å². The Morgan fingerprint density at radius 2 is 2.05 bits per heavy atom. The molecule has 21 heavy (non-hydrogen) atoms. The Labute approximate surface area is 129 Å². The number of hydrogen-bond donors (Lipinski definition) is 1. The normalized spacial score (nSPS) is 23.4. The van der Waals surface area contributed by atoms with E-state index in [1.165, 1.54) is 56.5 Å². The van der Waals surface area contributed by atoms with Crippen LogP contribution >= 0.6 is 0 Å². The van der Waals surface area contributed by atoms with E-state index in [0.29, 0.717) is 6.04 Å². The van der Waals surface area contributed by atoms with E-state index in [2.05, 4.69) is 41.2 Å². The second-order valence-corrected chi connectivity index (χ2v) is 6.99. The average molecular weight is 287 g/mol. The van der Waals surface area contributed by atoms with Gasteiger partial charge in [0.1, 0.15) is 0 Å². The molecule has 2 heterocycles. The van der Waals surface area contributed by atoms with E-state index in [-0.39, 0.29) is 0 Å². The van der Waals surface area contributed by atoms with Crippen LogP contribution in [0.2, 0.25) is 0 Å². The standard InChI is InChI=1S/C18H29N3/c1-14(2)20-13-16-12-17(9-10-19-16)21-11-5-8-18(21)15-6-3-4-7-15/h9-10,12,14-15,18,20H,3-8,11,13H2,1-2H3. The second-order valence-electron chi connectivity index (χ2n) is 6.99. The third kappa shape index (κ3) is 3.57. The van der Waals surface area contributed by atoms with Crippen molar-refractivity contribution in [2.45, 2.75) is 71.0 Å². The Hall–Kier alpha value is -1.09. The molecule has 1 aromatic heterocycles. The lowest BCUT2D eigenvalue weighted by molar-refractivity contribution is 0.430. The van der Waals surface area contributed by atoms with Crippen LogP contribution in [0.25, 0.3) is 0 Å². The van der Waals surface area contributed by atoms with Crippen molar-refractivity contribution in [3.05, 3.63) is 24.0 Å². The molecule has 1 atom stereocenters. The Morgan fingerprint density at radius 3 is 2.81 bits per heavy atom. The monoisotopic (exact) mass is 287 g/mol. The summed E-state index contributed by atoms with van der Waals surface area (Å²) in [5.74, 6) is 0.929. The minimum atomic E-state index is 0.508. The molecule has 1 aromatic rings. The van der Waals surface area contributed by atoms with E-state index < -0.39 is 0 Å². The van der Waals surface area contributed by atoms with Crippen LogP contribution in [0, 0.1) is 5.92 Å². The first-order valence-corrected chi connectivity index (χ1v) is 8.69. The molecule has 3 rings (SSSR count). The summed E-state index contributed by atoms with van der Waals surface area (Å²) in [6.07, 6.45) is 10.5. The van der Waals surface area contributed by atoms with Crippen LogP contribution in [0.1, 0.15) is 58.1 Å². The van der Waals surface area contributed by atoms with E-state index in [0.717, 1.165) is 18.5 Å². The van der Waals surface area contributed by atoms with Crippen molar-refractivity contribution in [2.24, 2.45) is 5.92 Å². The zero-order chi connectivity index (χ0) is 14.7. The van der Waals surface area contributed by atoms with Gasteiger partial charge in [0.25, 0.3) is 0 Å². The number of nitrogens with one attached hydrogen (secondary N) is 1. The lowest BCUT2D eigenvalue weighted by atomic mass is 9.96. The third-order valence-electron chi connectivity index (χ3n) is 5.07. The molecule has 1 N–H and O–H groups in total. The summed E-state index contributed by atoms with van der Waals surface area (Å²) in [4.78, 5) is 7.18. The summed E-state index contributed by atoms with van der Waals surface area (Å²) in [7, 11) is 0. The summed E-state index contributed by atoms with van der Waals surface area (Å²) in [5.41, 5.74) is 2.55. The quantitative estimate of drug-likeness (QED) is 0.894. The van der Waals surface area contributed by atoms with Crippen molar-refractivity contribution in [1.82, 2.24) is 10.3 Å². The van der Waals surface area contributed by atoms with E-state index >= 15 is 0 Å². The predicted molar refractivity (Wildman–Crippen MR) is 88.5 cm³/mol. The van der Waals surface area contributed by atoms with Gasteiger partial charge in [0.15, 0.2) is 0 Å². The summed E-state index contributed by atoms with van der Waals surface area (Å²) in [6.45, 7) is 6.45. The molecule has 0 radical (unpaired) electrons. The largest absolute Gasteiger partial charge is 0.368 e. The molecule has 3 nitrogen and oxygen atoms in total. The van der Waals surface area contributed by atoms with Crippen molar-refractivity contribution < 1.29 is 0 Å². The lowest BCUT2D eigenvalue weighted by Crippen LogP contribution is -2.34. The molecule has 0 aromatic carbocycles. The highest BCUT2D eigenvalue weighted by atomic mass is 15.2. The maximum absolute atomic E-state index is 4.52. The first-order chi connectivity index (χ1) is 10.2. The zero-order valence-electron chi connectivity index (χ0n) is 13.5. The van der Waals surface area contributed by atoms with Gasteiger partial charge >= 0.3 is 0 Å². The van der Waals surface area contributed by atoms with E-state index in [1.807, 2.05) is 6.20 Å². The van der Waals surface area contributed by atoms with Gasteiger partial charge in [-0.1, -0.05) is 26.7 Å². The fraction of sp³-hybridized carbons (Fsp3) is 0.722. The van der Waals surface area contributed by atoms with E-state index in [9.17, 15) is 0 Å². The highest BCUT2D eigenvalue weighted by molar-refractivity contribution is 5.48. The number of nitrogens with zero attached hydrogens (tertiary/aromatic N) is 2. The zero-order valence-corrected chi connectivity index (χ0v) is 13.5. The molecule has 0 spiro atoms. The fourth-order valence-corrected chi connectivity index (χ4v) is 3.99. The van der Waals surface area contributed by atoms with Gasteiger partial charge in [-0.3, -0.25) is 4.98 Å². The Kier molecular flexibility index (Phi) is 4.79. The van der Waals surface area contributed by atoms with Gasteiger partial charge in [0, 0.05) is 37.1 Å². The minimum absolute atomic E-state index is 0.508. The highest BCUT2D eigenvalue weighted by Crippen LogP contribution is 2.37. The van der Waals surface area contributed by atoms with Crippen molar-refractivity contribution in [1.29, 1.82) is 0 Å². The van der Waals surface area contributed by atoms with Crippen molar-refractivity contribution >= 4 is 5.69 Å². The summed E-state index contributed by atoms with van der Waals surface area (Å²) in [6, 6.07) is 5.78. The maximum Gasteiger partial charge on any atom is 0.0562 e. The number of aromatic nitrogens is 1. The van der Waals surface area contributed by atoms with Gasteiger partial charge in [-0.15, -0.1) is 0 Å². The summed E-state index contributed by atoms with van der Waals surface area (Å²) < 4.78 is 0. The Morgan fingerprint density at radius 1 is 1.24 bits per heavy atom.